The van der Waals surface area contributed by atoms with Gasteiger partial charge in [-0.1, -0.05) is 6.42 Å². The first-order chi connectivity index (χ1) is 9.50. The van der Waals surface area contributed by atoms with Gasteiger partial charge < -0.3 is 15.0 Å². The molecule has 1 heterocycles. The molecule has 1 N–H and O–H groups in total. The number of ether oxygens (including phenoxy) is 1. The fourth-order valence-corrected chi connectivity index (χ4v) is 2.39. The summed E-state index contributed by atoms with van der Waals surface area (Å²) in [6, 6.07) is 0.457. The second-order valence-corrected chi connectivity index (χ2v) is 5.50. The van der Waals surface area contributed by atoms with Gasteiger partial charge in [-0.05, 0) is 33.2 Å². The molecule has 0 aromatic heterocycles. The normalized spacial score (nSPS) is 19.6. The number of amides is 1. The highest BCUT2D eigenvalue weighted by molar-refractivity contribution is 5.76. The van der Waals surface area contributed by atoms with E-state index in [-0.39, 0.29) is 25.0 Å². The molecular formula is C14H26F2N2O2. The summed E-state index contributed by atoms with van der Waals surface area (Å²) in [4.78, 5) is 13.9. The number of hydrogen-bond donors (Lipinski definition) is 1. The first-order valence-electron chi connectivity index (χ1n) is 7.39. The maximum atomic E-state index is 12.1. The van der Waals surface area contributed by atoms with Crippen LogP contribution in [0, 0.1) is 0 Å². The molecule has 0 bridgehead atoms. The van der Waals surface area contributed by atoms with E-state index < -0.39 is 13.0 Å². The van der Waals surface area contributed by atoms with E-state index in [2.05, 4.69) is 5.32 Å². The number of nitrogens with one attached hydrogen (secondary N) is 1. The summed E-state index contributed by atoms with van der Waals surface area (Å²) in [5.74, 6) is -0.0263. The number of hydrogen-bond acceptors (Lipinski definition) is 3. The van der Waals surface area contributed by atoms with Crippen LogP contribution in [0.1, 0.15) is 39.5 Å². The summed E-state index contributed by atoms with van der Waals surface area (Å²) in [5.41, 5.74) is 0. The molecule has 1 fully saturated rings. The van der Waals surface area contributed by atoms with E-state index >= 15 is 0 Å². The first kappa shape index (κ1) is 17.3. The predicted octanol–water partition coefficient (Wildman–Crippen LogP) is 2.04. The van der Waals surface area contributed by atoms with Crippen LogP contribution in [0.2, 0.25) is 0 Å². The third kappa shape index (κ3) is 6.61. The molecule has 4 nitrogen and oxygen atoms in total. The van der Waals surface area contributed by atoms with Gasteiger partial charge in [-0.25, -0.2) is 8.78 Å². The minimum Gasteiger partial charge on any atom is -0.375 e. The number of halogens is 2. The van der Waals surface area contributed by atoms with Crippen molar-refractivity contribution in [2.24, 2.45) is 0 Å². The van der Waals surface area contributed by atoms with E-state index in [0.29, 0.717) is 12.6 Å². The zero-order valence-electron chi connectivity index (χ0n) is 12.4. The first-order valence-corrected chi connectivity index (χ1v) is 7.39. The monoisotopic (exact) mass is 292 g/mol. The van der Waals surface area contributed by atoms with Crippen LogP contribution >= 0.6 is 0 Å². The molecule has 20 heavy (non-hydrogen) atoms. The van der Waals surface area contributed by atoms with Crippen LogP contribution in [0.4, 0.5) is 8.78 Å². The standard InChI is InChI=1S/C14H26F2N2O2/c1-11(2)18(9-12-5-3-4-7-17-12)14(19)6-8-20-10-13(15)16/h11-13,17H,3-10H2,1-2H3. The molecule has 0 saturated carbocycles. The lowest BCUT2D eigenvalue weighted by atomic mass is 10.0. The van der Waals surface area contributed by atoms with Crippen molar-refractivity contribution in [2.75, 3.05) is 26.3 Å². The van der Waals surface area contributed by atoms with Crippen molar-refractivity contribution in [2.45, 2.75) is 58.0 Å². The number of nitrogens with zero attached hydrogens (tertiary/aromatic N) is 1. The van der Waals surface area contributed by atoms with Crippen LogP contribution in [0.3, 0.4) is 0 Å². The third-order valence-electron chi connectivity index (χ3n) is 3.48. The van der Waals surface area contributed by atoms with Crippen molar-refractivity contribution in [3.05, 3.63) is 0 Å². The van der Waals surface area contributed by atoms with Crippen LogP contribution in [0.5, 0.6) is 0 Å². The molecule has 1 amide bonds. The van der Waals surface area contributed by atoms with Gasteiger partial charge in [0.05, 0.1) is 13.0 Å². The molecule has 0 spiro atoms. The van der Waals surface area contributed by atoms with E-state index in [1.54, 1.807) is 0 Å². The highest BCUT2D eigenvalue weighted by Crippen LogP contribution is 2.11. The smallest absolute Gasteiger partial charge is 0.261 e. The van der Waals surface area contributed by atoms with Crippen molar-refractivity contribution in [1.29, 1.82) is 0 Å². The summed E-state index contributed by atoms with van der Waals surface area (Å²) < 4.78 is 28.6. The largest absolute Gasteiger partial charge is 0.375 e. The SMILES string of the molecule is CC(C)N(CC1CCCCN1)C(=O)CCOCC(F)F. The van der Waals surface area contributed by atoms with Crippen LogP contribution in [-0.4, -0.2) is 55.6 Å². The van der Waals surface area contributed by atoms with Gasteiger partial charge in [-0.3, -0.25) is 4.79 Å². The van der Waals surface area contributed by atoms with Gasteiger partial charge in [0.25, 0.3) is 6.43 Å². The second kappa shape index (κ2) is 9.23. The second-order valence-electron chi connectivity index (χ2n) is 5.50. The Morgan fingerprint density at radius 2 is 2.15 bits per heavy atom. The van der Waals surface area contributed by atoms with Crippen LogP contribution < -0.4 is 5.32 Å². The molecule has 0 radical (unpaired) electrons. The van der Waals surface area contributed by atoms with Crippen LogP contribution in [-0.2, 0) is 9.53 Å². The summed E-state index contributed by atoms with van der Waals surface area (Å²) >= 11 is 0. The average molecular weight is 292 g/mol. The average Bonchev–Trinajstić information content (AvgIpc) is 2.41. The Balaban J connectivity index is 2.33. The third-order valence-corrected chi connectivity index (χ3v) is 3.48. The molecule has 1 unspecified atom stereocenters. The highest BCUT2D eigenvalue weighted by Gasteiger charge is 2.22. The maximum absolute atomic E-state index is 12.1. The van der Waals surface area contributed by atoms with E-state index in [1.807, 2.05) is 18.7 Å². The molecule has 1 saturated heterocycles. The Hall–Kier alpha value is -0.750. The predicted molar refractivity (Wildman–Crippen MR) is 73.9 cm³/mol. The fourth-order valence-electron chi connectivity index (χ4n) is 2.39. The van der Waals surface area contributed by atoms with Crippen molar-refractivity contribution in [3.63, 3.8) is 0 Å². The molecular weight excluding hydrogens is 266 g/mol. The number of piperidine rings is 1. The molecule has 1 aliphatic heterocycles. The Morgan fingerprint density at radius 1 is 1.40 bits per heavy atom. The van der Waals surface area contributed by atoms with Gasteiger partial charge in [0, 0.05) is 18.6 Å². The fraction of sp³-hybridized carbons (Fsp3) is 0.929. The highest BCUT2D eigenvalue weighted by atomic mass is 19.3. The maximum Gasteiger partial charge on any atom is 0.261 e. The molecule has 1 rings (SSSR count). The van der Waals surface area contributed by atoms with Gasteiger partial charge >= 0.3 is 0 Å². The molecule has 0 aliphatic carbocycles. The number of carbonyl (C=O) groups is 1. The van der Waals surface area contributed by atoms with Gasteiger partial charge in [-0.2, -0.15) is 0 Å². The number of rotatable bonds is 8. The number of alkyl halides is 2. The zero-order chi connectivity index (χ0) is 15.0. The van der Waals surface area contributed by atoms with Crippen LogP contribution in [0.15, 0.2) is 0 Å². The quantitative estimate of drug-likeness (QED) is 0.696. The molecule has 1 aliphatic rings. The molecule has 6 heteroatoms. The summed E-state index contributed by atoms with van der Waals surface area (Å²) in [6.45, 7) is 5.10. The van der Waals surface area contributed by atoms with Crippen LogP contribution in [0.25, 0.3) is 0 Å². The topological polar surface area (TPSA) is 41.6 Å². The minimum atomic E-state index is -2.47. The Labute approximate surface area is 119 Å². The van der Waals surface area contributed by atoms with Crippen molar-refractivity contribution >= 4 is 5.91 Å². The lowest BCUT2D eigenvalue weighted by Gasteiger charge is -2.33. The van der Waals surface area contributed by atoms with Gasteiger partial charge in [0.2, 0.25) is 5.91 Å². The van der Waals surface area contributed by atoms with Crippen molar-refractivity contribution in [1.82, 2.24) is 10.2 Å². The number of carbonyl (C=O) groups excluding carboxylic acids is 1. The van der Waals surface area contributed by atoms with E-state index in [1.165, 1.54) is 12.8 Å². The van der Waals surface area contributed by atoms with E-state index in [0.717, 1.165) is 13.0 Å². The van der Waals surface area contributed by atoms with Gasteiger partial charge in [0.1, 0.15) is 6.61 Å². The summed E-state index contributed by atoms with van der Waals surface area (Å²) in [6.07, 6.45) is 1.15. The van der Waals surface area contributed by atoms with Crippen molar-refractivity contribution in [3.8, 4) is 0 Å². The summed E-state index contributed by atoms with van der Waals surface area (Å²) in [7, 11) is 0. The zero-order valence-corrected chi connectivity index (χ0v) is 12.4. The molecule has 0 aromatic carbocycles. The Morgan fingerprint density at radius 3 is 2.70 bits per heavy atom. The Bertz CT molecular complexity index is 282. The van der Waals surface area contributed by atoms with Gasteiger partial charge in [-0.15, -0.1) is 0 Å². The van der Waals surface area contributed by atoms with E-state index in [9.17, 15) is 13.6 Å². The van der Waals surface area contributed by atoms with Gasteiger partial charge in [0.15, 0.2) is 0 Å². The lowest BCUT2D eigenvalue weighted by Crippen LogP contribution is -2.48. The Kier molecular flexibility index (Phi) is 7.99. The lowest BCUT2D eigenvalue weighted by molar-refractivity contribution is -0.135. The summed E-state index contributed by atoms with van der Waals surface area (Å²) in [5, 5.41) is 3.42. The molecule has 0 aromatic rings. The van der Waals surface area contributed by atoms with Crippen molar-refractivity contribution < 1.29 is 18.3 Å². The molecule has 1 atom stereocenters. The minimum absolute atomic E-state index is 0.0263. The molecule has 118 valence electrons. The van der Waals surface area contributed by atoms with E-state index in [4.69, 9.17) is 4.74 Å².